The number of halogens is 3. The largest absolute Gasteiger partial charge is 0.415 e. The summed E-state index contributed by atoms with van der Waals surface area (Å²) in [4.78, 5) is 5.23. The van der Waals surface area contributed by atoms with Gasteiger partial charge in [0.25, 0.3) is 5.89 Å². The number of nitrogens with zero attached hydrogens (tertiary/aromatic N) is 4. The van der Waals surface area contributed by atoms with Crippen molar-refractivity contribution < 1.29 is 17.6 Å². The molecule has 0 unspecified atom stereocenters. The zero-order valence-electron chi connectivity index (χ0n) is 19.5. The van der Waals surface area contributed by atoms with Gasteiger partial charge < -0.3 is 14.2 Å². The molecular weight excluding hydrogens is 473 g/mol. The van der Waals surface area contributed by atoms with Gasteiger partial charge in [0.2, 0.25) is 5.89 Å². The van der Waals surface area contributed by atoms with Gasteiger partial charge in [-0.1, -0.05) is 36.5 Å². The smallest absolute Gasteiger partial charge is 0.314 e. The standard InChI is InChI=1S/C26H27F3N4OS/c1-32-11-9-26(10-12-32)14-19(15-26)25(35)33(20-5-3-2-4-6-20)16-18-8-7-17(13-21(18)27)23-30-31-24(34-23)22(28)29/h2-8,13,19,22H,9-12,14-16H2,1H3. The maximum absolute atomic E-state index is 15.1. The molecule has 0 amide bonds. The fourth-order valence-electron chi connectivity index (χ4n) is 5.20. The summed E-state index contributed by atoms with van der Waals surface area (Å²) in [6, 6.07) is 14.2. The zero-order valence-corrected chi connectivity index (χ0v) is 20.3. The minimum Gasteiger partial charge on any atom is -0.415 e. The molecule has 2 aliphatic rings. The van der Waals surface area contributed by atoms with Crippen molar-refractivity contribution in [3.63, 3.8) is 0 Å². The zero-order chi connectivity index (χ0) is 24.6. The predicted octanol–water partition coefficient (Wildman–Crippen LogP) is 6.27. The molecule has 1 aromatic heterocycles. The van der Waals surface area contributed by atoms with Crippen LogP contribution in [0.1, 0.15) is 43.6 Å². The lowest BCUT2D eigenvalue weighted by Crippen LogP contribution is -2.50. The third-order valence-corrected chi connectivity index (χ3v) is 7.90. The molecule has 1 spiro atoms. The molecule has 2 aromatic carbocycles. The second-order valence-electron chi connectivity index (χ2n) is 9.72. The first-order valence-electron chi connectivity index (χ1n) is 11.8. The molecule has 0 radical (unpaired) electrons. The van der Waals surface area contributed by atoms with Crippen LogP contribution in [0.5, 0.6) is 0 Å². The first-order chi connectivity index (χ1) is 16.8. The van der Waals surface area contributed by atoms with E-state index in [0.29, 0.717) is 16.9 Å². The summed E-state index contributed by atoms with van der Waals surface area (Å²) < 4.78 is 45.6. The molecule has 5 nitrogen and oxygen atoms in total. The van der Waals surface area contributed by atoms with E-state index in [1.807, 2.05) is 35.2 Å². The van der Waals surface area contributed by atoms with Crippen LogP contribution >= 0.6 is 12.2 Å². The summed E-state index contributed by atoms with van der Waals surface area (Å²) in [7, 11) is 2.17. The molecule has 5 rings (SSSR count). The molecule has 2 heterocycles. The van der Waals surface area contributed by atoms with E-state index in [0.717, 1.165) is 36.6 Å². The monoisotopic (exact) mass is 500 g/mol. The third-order valence-electron chi connectivity index (χ3n) is 7.35. The first-order valence-corrected chi connectivity index (χ1v) is 12.2. The molecule has 9 heteroatoms. The second kappa shape index (κ2) is 9.70. The number of anilines is 1. The van der Waals surface area contributed by atoms with Crippen LogP contribution in [0, 0.1) is 17.2 Å². The molecule has 184 valence electrons. The first kappa shape index (κ1) is 23.9. The van der Waals surface area contributed by atoms with Gasteiger partial charge in [0, 0.05) is 22.7 Å². The van der Waals surface area contributed by atoms with Gasteiger partial charge in [0.1, 0.15) is 5.82 Å². The Balaban J connectivity index is 1.34. The van der Waals surface area contributed by atoms with Crippen molar-refractivity contribution in [2.75, 3.05) is 25.0 Å². The molecule has 1 aliphatic carbocycles. The highest BCUT2D eigenvalue weighted by atomic mass is 32.1. The van der Waals surface area contributed by atoms with Crippen molar-refractivity contribution in [1.29, 1.82) is 0 Å². The number of hydrogen-bond donors (Lipinski definition) is 0. The number of hydrogen-bond acceptors (Lipinski definition) is 5. The molecule has 1 saturated heterocycles. The normalized spacial score (nSPS) is 18.1. The highest BCUT2D eigenvalue weighted by molar-refractivity contribution is 7.80. The number of aromatic nitrogens is 2. The van der Waals surface area contributed by atoms with Gasteiger partial charge >= 0.3 is 6.43 Å². The molecule has 1 aliphatic heterocycles. The van der Waals surface area contributed by atoms with Crippen LogP contribution in [0.25, 0.3) is 11.5 Å². The number of rotatable bonds is 6. The van der Waals surface area contributed by atoms with Gasteiger partial charge in [-0.2, -0.15) is 8.78 Å². The molecule has 0 atom stereocenters. The number of thiocarbonyl (C=S) groups is 1. The van der Waals surface area contributed by atoms with Crippen molar-refractivity contribution >= 4 is 22.9 Å². The second-order valence-corrected chi connectivity index (χ2v) is 10.1. The van der Waals surface area contributed by atoms with Crippen LogP contribution in [-0.2, 0) is 6.54 Å². The molecule has 0 N–H and O–H groups in total. The lowest BCUT2D eigenvalue weighted by Gasteiger charge is -2.53. The van der Waals surface area contributed by atoms with Crippen molar-refractivity contribution in [2.45, 2.75) is 38.7 Å². The Hall–Kier alpha value is -2.78. The summed E-state index contributed by atoms with van der Waals surface area (Å²) in [6.45, 7) is 2.52. The van der Waals surface area contributed by atoms with Crippen LogP contribution in [-0.4, -0.2) is 40.2 Å². The Labute approximate surface area is 207 Å². The Morgan fingerprint density at radius 3 is 2.49 bits per heavy atom. The fraction of sp³-hybridized carbons (Fsp3) is 0.423. The molecule has 1 saturated carbocycles. The number of piperidine rings is 1. The SMILES string of the molecule is CN1CCC2(CC1)CC(C(=S)N(Cc1ccc(-c3nnc(C(F)F)o3)cc1F)c1ccccc1)C2. The predicted molar refractivity (Wildman–Crippen MR) is 132 cm³/mol. The van der Waals surface area contributed by atoms with Crippen LogP contribution in [0.2, 0.25) is 0 Å². The van der Waals surface area contributed by atoms with Crippen LogP contribution in [0.3, 0.4) is 0 Å². The third kappa shape index (κ3) is 4.97. The highest BCUT2D eigenvalue weighted by Crippen LogP contribution is 2.53. The van der Waals surface area contributed by atoms with Gasteiger partial charge in [0.05, 0.1) is 11.5 Å². The molecule has 35 heavy (non-hydrogen) atoms. The molecule has 3 aromatic rings. The number of benzene rings is 2. The summed E-state index contributed by atoms with van der Waals surface area (Å²) in [5.74, 6) is -1.11. The van der Waals surface area contributed by atoms with Gasteiger partial charge in [0.15, 0.2) is 0 Å². The van der Waals surface area contributed by atoms with Crippen LogP contribution in [0.15, 0.2) is 52.9 Å². The molecule has 2 fully saturated rings. The summed E-state index contributed by atoms with van der Waals surface area (Å²) in [5.41, 5.74) is 2.01. The van der Waals surface area contributed by atoms with Crippen molar-refractivity contribution in [3.8, 4) is 11.5 Å². The van der Waals surface area contributed by atoms with E-state index >= 15 is 4.39 Å². The van der Waals surface area contributed by atoms with E-state index in [-0.39, 0.29) is 18.0 Å². The van der Waals surface area contributed by atoms with Crippen molar-refractivity contribution in [1.82, 2.24) is 15.1 Å². The Morgan fingerprint density at radius 1 is 1.14 bits per heavy atom. The van der Waals surface area contributed by atoms with E-state index in [1.54, 1.807) is 12.1 Å². The number of likely N-dealkylation sites (tertiary alicyclic amines) is 1. The quantitative estimate of drug-likeness (QED) is 0.372. The summed E-state index contributed by atoms with van der Waals surface area (Å²) in [5, 5.41) is 6.92. The van der Waals surface area contributed by atoms with Gasteiger partial charge in [-0.25, -0.2) is 4.39 Å². The maximum Gasteiger partial charge on any atom is 0.314 e. The van der Waals surface area contributed by atoms with E-state index in [2.05, 4.69) is 22.1 Å². The maximum atomic E-state index is 15.1. The van der Waals surface area contributed by atoms with E-state index in [4.69, 9.17) is 16.6 Å². The minimum atomic E-state index is -2.87. The van der Waals surface area contributed by atoms with Gasteiger partial charge in [-0.15, -0.1) is 10.2 Å². The Morgan fingerprint density at radius 2 is 1.86 bits per heavy atom. The average Bonchev–Trinajstić information content (AvgIpc) is 3.34. The van der Waals surface area contributed by atoms with Crippen molar-refractivity contribution in [2.24, 2.45) is 11.3 Å². The van der Waals surface area contributed by atoms with Crippen molar-refractivity contribution in [3.05, 3.63) is 65.8 Å². The summed E-state index contributed by atoms with van der Waals surface area (Å²) >= 11 is 5.97. The topological polar surface area (TPSA) is 45.4 Å². The lowest BCUT2D eigenvalue weighted by molar-refractivity contribution is 0.0194. The Bertz CT molecular complexity index is 1190. The van der Waals surface area contributed by atoms with Gasteiger partial charge in [-0.05, 0) is 75.5 Å². The Kier molecular flexibility index (Phi) is 6.63. The number of para-hydroxylation sites is 1. The number of alkyl halides is 2. The molecule has 0 bridgehead atoms. The van der Waals surface area contributed by atoms with Crippen LogP contribution in [0.4, 0.5) is 18.9 Å². The van der Waals surface area contributed by atoms with Gasteiger partial charge in [-0.3, -0.25) is 0 Å². The van der Waals surface area contributed by atoms with Crippen LogP contribution < -0.4 is 4.90 Å². The fourth-order valence-corrected chi connectivity index (χ4v) is 5.54. The minimum absolute atomic E-state index is 0.140. The van der Waals surface area contributed by atoms with E-state index < -0.39 is 18.1 Å². The average molecular weight is 501 g/mol. The lowest BCUT2D eigenvalue weighted by atomic mass is 9.57. The highest BCUT2D eigenvalue weighted by Gasteiger charge is 2.47. The van der Waals surface area contributed by atoms with E-state index in [1.165, 1.54) is 18.9 Å². The molecular formula is C26H27F3N4OS. The van der Waals surface area contributed by atoms with E-state index in [9.17, 15) is 8.78 Å². The summed E-state index contributed by atoms with van der Waals surface area (Å²) in [6.07, 6.45) is 1.68.